The molecule has 0 aliphatic heterocycles. The maximum absolute atomic E-state index is 12.1. The summed E-state index contributed by atoms with van der Waals surface area (Å²) in [6, 6.07) is 3.14. The predicted octanol–water partition coefficient (Wildman–Crippen LogP) is 3.88. The molecule has 1 unspecified atom stereocenters. The fourth-order valence-corrected chi connectivity index (χ4v) is 2.57. The number of rotatable bonds is 7. The van der Waals surface area contributed by atoms with Crippen molar-refractivity contribution in [1.29, 1.82) is 0 Å². The minimum atomic E-state index is -0.131. The van der Waals surface area contributed by atoms with Crippen molar-refractivity contribution in [3.05, 3.63) is 22.2 Å². The summed E-state index contributed by atoms with van der Waals surface area (Å²) in [6.07, 6.45) is 1.09. The van der Waals surface area contributed by atoms with Gasteiger partial charge in [-0.2, -0.15) is 0 Å². The highest BCUT2D eigenvalue weighted by molar-refractivity contribution is 6.40. The van der Waals surface area contributed by atoms with Gasteiger partial charge < -0.3 is 11.1 Å². The van der Waals surface area contributed by atoms with E-state index in [1.165, 1.54) is 0 Å². The van der Waals surface area contributed by atoms with Crippen molar-refractivity contribution in [2.75, 3.05) is 30.7 Å². The van der Waals surface area contributed by atoms with Crippen molar-refractivity contribution in [3.63, 3.8) is 0 Å². The number of benzene rings is 1. The van der Waals surface area contributed by atoms with Crippen molar-refractivity contribution in [3.8, 4) is 0 Å². The van der Waals surface area contributed by atoms with Gasteiger partial charge in [-0.25, -0.2) is 0 Å². The number of carbonyl (C=O) groups excluding carboxylic acids is 1. The Morgan fingerprint density at radius 3 is 2.38 bits per heavy atom. The Morgan fingerprint density at radius 1 is 1.33 bits per heavy atom. The van der Waals surface area contributed by atoms with Crippen LogP contribution in [-0.2, 0) is 4.79 Å². The van der Waals surface area contributed by atoms with Gasteiger partial charge in [0, 0.05) is 12.2 Å². The van der Waals surface area contributed by atoms with Crippen molar-refractivity contribution in [2.24, 2.45) is 5.92 Å². The van der Waals surface area contributed by atoms with Crippen LogP contribution in [0.25, 0.3) is 0 Å². The number of halogens is 2. The number of likely N-dealkylation sites (N-methyl/N-ethyl adjacent to an activating group) is 1. The second-order valence-electron chi connectivity index (χ2n) is 5.25. The SMILES string of the molecule is CCC(C)CN(CC)CC(=O)Nc1c(Cl)cc(N)cc1Cl. The lowest BCUT2D eigenvalue weighted by Gasteiger charge is -2.23. The van der Waals surface area contributed by atoms with Crippen LogP contribution < -0.4 is 11.1 Å². The van der Waals surface area contributed by atoms with E-state index in [-0.39, 0.29) is 5.91 Å². The maximum atomic E-state index is 12.1. The van der Waals surface area contributed by atoms with Gasteiger partial charge in [0.1, 0.15) is 0 Å². The monoisotopic (exact) mass is 331 g/mol. The molecule has 0 radical (unpaired) electrons. The van der Waals surface area contributed by atoms with Crippen molar-refractivity contribution >= 4 is 40.5 Å². The largest absolute Gasteiger partial charge is 0.399 e. The van der Waals surface area contributed by atoms with Crippen LogP contribution in [0, 0.1) is 5.92 Å². The highest BCUT2D eigenvalue weighted by Crippen LogP contribution is 2.32. The number of nitrogens with one attached hydrogen (secondary N) is 1. The maximum Gasteiger partial charge on any atom is 0.238 e. The van der Waals surface area contributed by atoms with Gasteiger partial charge in [-0.05, 0) is 24.6 Å². The fraction of sp³-hybridized carbons (Fsp3) is 0.533. The Bertz CT molecular complexity index is 471. The number of carbonyl (C=O) groups is 1. The Morgan fingerprint density at radius 2 is 1.90 bits per heavy atom. The first kappa shape index (κ1) is 18.1. The van der Waals surface area contributed by atoms with Crippen LogP contribution in [-0.4, -0.2) is 30.4 Å². The molecule has 0 saturated heterocycles. The topological polar surface area (TPSA) is 58.4 Å². The van der Waals surface area contributed by atoms with E-state index in [9.17, 15) is 4.79 Å². The molecule has 0 aliphatic carbocycles. The molecule has 118 valence electrons. The van der Waals surface area contributed by atoms with Crippen LogP contribution >= 0.6 is 23.2 Å². The van der Waals surface area contributed by atoms with Crippen LogP contribution in [0.2, 0.25) is 10.0 Å². The lowest BCUT2D eigenvalue weighted by molar-refractivity contribution is -0.117. The van der Waals surface area contributed by atoms with Gasteiger partial charge in [0.2, 0.25) is 5.91 Å². The van der Waals surface area contributed by atoms with E-state index >= 15 is 0 Å². The first-order valence-corrected chi connectivity index (χ1v) is 7.89. The summed E-state index contributed by atoms with van der Waals surface area (Å²) in [7, 11) is 0. The summed E-state index contributed by atoms with van der Waals surface area (Å²) in [5, 5.41) is 3.45. The summed E-state index contributed by atoms with van der Waals surface area (Å²) >= 11 is 12.1. The molecular weight excluding hydrogens is 309 g/mol. The molecule has 0 bridgehead atoms. The number of hydrogen-bond donors (Lipinski definition) is 2. The molecule has 0 aliphatic rings. The first-order valence-electron chi connectivity index (χ1n) is 7.14. The van der Waals surface area contributed by atoms with E-state index in [0.717, 1.165) is 19.5 Å². The molecule has 1 rings (SSSR count). The van der Waals surface area contributed by atoms with Gasteiger partial charge >= 0.3 is 0 Å². The molecule has 0 spiro atoms. The Kier molecular flexibility index (Phi) is 7.29. The lowest BCUT2D eigenvalue weighted by atomic mass is 10.1. The second kappa shape index (κ2) is 8.47. The van der Waals surface area contributed by atoms with Crippen molar-refractivity contribution in [1.82, 2.24) is 4.90 Å². The zero-order valence-corrected chi connectivity index (χ0v) is 14.3. The van der Waals surface area contributed by atoms with Crippen molar-refractivity contribution in [2.45, 2.75) is 27.2 Å². The van der Waals surface area contributed by atoms with E-state index < -0.39 is 0 Å². The molecule has 1 aromatic carbocycles. The van der Waals surface area contributed by atoms with E-state index in [4.69, 9.17) is 28.9 Å². The minimum absolute atomic E-state index is 0.131. The molecule has 0 aromatic heterocycles. The van der Waals surface area contributed by atoms with Gasteiger partial charge in [0.05, 0.1) is 22.3 Å². The fourth-order valence-electron chi connectivity index (χ4n) is 1.97. The third-order valence-corrected chi connectivity index (χ3v) is 4.01. The van der Waals surface area contributed by atoms with E-state index in [1.807, 2.05) is 6.92 Å². The van der Waals surface area contributed by atoms with Crippen LogP contribution in [0.4, 0.5) is 11.4 Å². The third kappa shape index (κ3) is 5.73. The third-order valence-electron chi connectivity index (χ3n) is 3.41. The summed E-state index contributed by atoms with van der Waals surface area (Å²) in [5.41, 5.74) is 6.52. The van der Waals surface area contributed by atoms with E-state index in [1.54, 1.807) is 12.1 Å². The van der Waals surface area contributed by atoms with Gasteiger partial charge in [0.15, 0.2) is 0 Å². The number of nitrogen functional groups attached to an aromatic ring is 1. The summed E-state index contributed by atoms with van der Waals surface area (Å²) < 4.78 is 0. The Labute approximate surface area is 136 Å². The molecule has 6 heteroatoms. The Balaban J connectivity index is 2.69. The molecule has 1 amide bonds. The predicted molar refractivity (Wildman–Crippen MR) is 91.1 cm³/mol. The lowest BCUT2D eigenvalue weighted by Crippen LogP contribution is -2.36. The standard InChI is InChI=1S/C15H23Cl2N3O/c1-4-10(3)8-20(5-2)9-14(21)19-15-12(16)6-11(18)7-13(15)17/h6-7,10H,4-5,8-9,18H2,1-3H3,(H,19,21). The highest BCUT2D eigenvalue weighted by atomic mass is 35.5. The van der Waals surface area contributed by atoms with Crippen LogP contribution in [0.15, 0.2) is 12.1 Å². The van der Waals surface area contributed by atoms with Crippen LogP contribution in [0.3, 0.4) is 0 Å². The molecule has 0 saturated carbocycles. The molecular formula is C15H23Cl2N3O. The molecule has 0 fully saturated rings. The summed E-state index contributed by atoms with van der Waals surface area (Å²) in [5.74, 6) is 0.426. The number of hydrogen-bond acceptors (Lipinski definition) is 3. The highest BCUT2D eigenvalue weighted by Gasteiger charge is 2.15. The zero-order chi connectivity index (χ0) is 16.0. The second-order valence-corrected chi connectivity index (χ2v) is 6.06. The number of nitrogens with two attached hydrogens (primary N) is 1. The quantitative estimate of drug-likeness (QED) is 0.745. The Hall–Kier alpha value is -0.970. The smallest absolute Gasteiger partial charge is 0.238 e. The van der Waals surface area contributed by atoms with E-state index in [2.05, 4.69) is 24.1 Å². The molecule has 1 atom stereocenters. The minimum Gasteiger partial charge on any atom is -0.399 e. The van der Waals surface area contributed by atoms with E-state index in [0.29, 0.717) is 33.9 Å². The van der Waals surface area contributed by atoms with Crippen molar-refractivity contribution < 1.29 is 4.79 Å². The summed E-state index contributed by atoms with van der Waals surface area (Å²) in [4.78, 5) is 14.2. The van der Waals surface area contributed by atoms with Gasteiger partial charge in [-0.3, -0.25) is 9.69 Å². The number of anilines is 2. The molecule has 0 heterocycles. The molecule has 1 aromatic rings. The normalized spacial score (nSPS) is 12.5. The van der Waals surface area contributed by atoms with Gasteiger partial charge in [0.25, 0.3) is 0 Å². The van der Waals surface area contributed by atoms with Gasteiger partial charge in [-0.15, -0.1) is 0 Å². The molecule has 21 heavy (non-hydrogen) atoms. The average Bonchev–Trinajstić information content (AvgIpc) is 2.41. The number of amides is 1. The van der Waals surface area contributed by atoms with Crippen LogP contribution in [0.1, 0.15) is 27.2 Å². The van der Waals surface area contributed by atoms with Gasteiger partial charge in [-0.1, -0.05) is 50.4 Å². The number of nitrogens with zero attached hydrogens (tertiary/aromatic N) is 1. The average molecular weight is 332 g/mol. The molecule has 4 nitrogen and oxygen atoms in total. The molecule has 3 N–H and O–H groups in total. The van der Waals surface area contributed by atoms with Crippen LogP contribution in [0.5, 0.6) is 0 Å². The summed E-state index contributed by atoms with van der Waals surface area (Å²) in [6.45, 7) is 8.39. The zero-order valence-electron chi connectivity index (χ0n) is 12.7. The first-order chi connectivity index (χ1) is 9.87.